The molecule has 0 N–H and O–H groups in total. The number of aryl methyl sites for hydroxylation is 3. The molecular formula is C26H40NSi+. The topological polar surface area (TPSA) is 3.88 Å². The van der Waals surface area contributed by atoms with Crippen molar-refractivity contribution in [2.24, 2.45) is 7.05 Å². The lowest BCUT2D eigenvalue weighted by Gasteiger charge is -2.41. The van der Waals surface area contributed by atoms with Crippen molar-refractivity contribution < 1.29 is 8.68 Å². The Morgan fingerprint density at radius 1 is 1.04 bits per heavy atom. The molecule has 1 aliphatic heterocycles. The summed E-state index contributed by atoms with van der Waals surface area (Å²) in [6.07, 6.45) is 3.82. The number of aromatic nitrogens is 1. The fourth-order valence-electron chi connectivity index (χ4n) is 4.69. The second kappa shape index (κ2) is 7.13. The van der Waals surface area contributed by atoms with Crippen LogP contribution in [0.1, 0.15) is 66.8 Å². The highest BCUT2D eigenvalue weighted by Gasteiger charge is 2.37. The predicted molar refractivity (Wildman–Crippen MR) is 125 cm³/mol. The summed E-state index contributed by atoms with van der Waals surface area (Å²) in [7, 11) is 0.850. The third-order valence-electron chi connectivity index (χ3n) is 6.80. The molecule has 1 aromatic heterocycles. The molecule has 1 aliphatic rings. The van der Waals surface area contributed by atoms with Crippen LogP contribution in [0.4, 0.5) is 0 Å². The van der Waals surface area contributed by atoms with Crippen LogP contribution in [0.25, 0.3) is 11.3 Å². The predicted octanol–water partition coefficient (Wildman–Crippen LogP) is 6.85. The minimum Gasteiger partial charge on any atom is -0.201 e. The molecule has 0 aliphatic carbocycles. The first-order valence-corrected chi connectivity index (χ1v) is 14.1. The van der Waals surface area contributed by atoms with Gasteiger partial charge in [0.05, 0.1) is 0 Å². The number of benzene rings is 1. The fraction of sp³-hybridized carbons (Fsp3) is 0.577. The molecule has 0 bridgehead atoms. The van der Waals surface area contributed by atoms with E-state index in [9.17, 15) is 0 Å². The maximum atomic E-state index is 8.42. The van der Waals surface area contributed by atoms with E-state index < -0.39 is 20.3 Å². The summed E-state index contributed by atoms with van der Waals surface area (Å²) in [4.78, 5) is 0. The van der Waals surface area contributed by atoms with Gasteiger partial charge in [-0.2, -0.15) is 0 Å². The quantitative estimate of drug-likeness (QED) is 0.385. The molecule has 2 heterocycles. The standard InChI is InChI=1S/C26H40NSi/c1-19-16-21(26(6)12-14-28(8,9)15-13-26)10-11-22(19)24-17-20(2)23(18-27(24)7)25(3,4)5/h10-11,16-18H,12-15H2,1-9H3/q+1/i6D3. The third-order valence-corrected chi connectivity index (χ3v) is 10.0. The van der Waals surface area contributed by atoms with Crippen molar-refractivity contribution in [1.82, 2.24) is 0 Å². The van der Waals surface area contributed by atoms with Crippen LogP contribution in [0.3, 0.4) is 0 Å². The maximum Gasteiger partial charge on any atom is 0.212 e. The Morgan fingerprint density at radius 2 is 1.68 bits per heavy atom. The highest BCUT2D eigenvalue weighted by molar-refractivity contribution is 6.77. The molecule has 0 unspecified atom stereocenters. The number of pyridine rings is 1. The van der Waals surface area contributed by atoms with Gasteiger partial charge in [0.25, 0.3) is 0 Å². The van der Waals surface area contributed by atoms with E-state index in [-0.39, 0.29) is 5.41 Å². The Morgan fingerprint density at radius 3 is 2.21 bits per heavy atom. The molecule has 0 atom stereocenters. The summed E-state index contributed by atoms with van der Waals surface area (Å²) >= 11 is 0. The zero-order valence-corrected chi connectivity index (χ0v) is 20.2. The van der Waals surface area contributed by atoms with Gasteiger partial charge < -0.3 is 0 Å². The minimum absolute atomic E-state index is 0.101. The second-order valence-electron chi connectivity index (χ2n) is 10.9. The van der Waals surface area contributed by atoms with Crippen LogP contribution >= 0.6 is 0 Å². The van der Waals surface area contributed by atoms with E-state index >= 15 is 0 Å². The average molecular weight is 398 g/mol. The van der Waals surface area contributed by atoms with Crippen molar-refractivity contribution in [2.75, 3.05) is 0 Å². The van der Waals surface area contributed by atoms with Crippen LogP contribution in [0.2, 0.25) is 25.2 Å². The molecule has 2 heteroatoms. The summed E-state index contributed by atoms with van der Waals surface area (Å²) in [6, 6.07) is 10.9. The number of hydrogen-bond acceptors (Lipinski definition) is 0. The smallest absolute Gasteiger partial charge is 0.201 e. The van der Waals surface area contributed by atoms with E-state index in [2.05, 4.69) is 89.8 Å². The summed E-state index contributed by atoms with van der Waals surface area (Å²) in [5, 5.41) is 0. The lowest BCUT2D eigenvalue weighted by Crippen LogP contribution is -2.38. The molecule has 0 spiro atoms. The Kier molecular flexibility index (Phi) is 4.44. The van der Waals surface area contributed by atoms with E-state index in [0.717, 1.165) is 36.1 Å². The van der Waals surface area contributed by atoms with Crippen LogP contribution in [0, 0.1) is 13.8 Å². The van der Waals surface area contributed by atoms with Crippen molar-refractivity contribution in [3.63, 3.8) is 0 Å². The average Bonchev–Trinajstić information content (AvgIpc) is 2.62. The number of rotatable bonds is 2. The van der Waals surface area contributed by atoms with Gasteiger partial charge in [0.2, 0.25) is 5.69 Å². The van der Waals surface area contributed by atoms with Crippen LogP contribution in [0.5, 0.6) is 0 Å². The Hall–Kier alpha value is -1.41. The summed E-state index contributed by atoms with van der Waals surface area (Å²) in [6.45, 7) is 13.9. The van der Waals surface area contributed by atoms with Gasteiger partial charge in [0.15, 0.2) is 6.20 Å². The first kappa shape index (κ1) is 17.4. The Balaban J connectivity index is 2.07. The van der Waals surface area contributed by atoms with Crippen LogP contribution in [0.15, 0.2) is 30.5 Å². The van der Waals surface area contributed by atoms with Crippen molar-refractivity contribution in [1.29, 1.82) is 0 Å². The van der Waals surface area contributed by atoms with E-state index in [0.29, 0.717) is 0 Å². The van der Waals surface area contributed by atoms with E-state index in [1.165, 1.54) is 22.4 Å². The molecule has 0 radical (unpaired) electrons. The van der Waals surface area contributed by atoms with Crippen molar-refractivity contribution >= 4 is 8.07 Å². The molecule has 1 nitrogen and oxygen atoms in total. The molecule has 3 rings (SSSR count). The minimum atomic E-state index is -1.97. The largest absolute Gasteiger partial charge is 0.212 e. The van der Waals surface area contributed by atoms with Gasteiger partial charge in [-0.05, 0) is 60.3 Å². The summed E-state index contributed by atoms with van der Waals surface area (Å²) in [5.41, 5.74) is 6.56. The lowest BCUT2D eigenvalue weighted by molar-refractivity contribution is -0.661. The number of nitrogens with zero attached hydrogens (tertiary/aromatic N) is 1. The third kappa shape index (κ3) is 4.12. The zero-order valence-electron chi connectivity index (χ0n) is 22.2. The van der Waals surface area contributed by atoms with Gasteiger partial charge in [0.1, 0.15) is 7.05 Å². The number of hydrogen-bond donors (Lipinski definition) is 0. The first-order valence-electron chi connectivity index (χ1n) is 12.2. The summed E-state index contributed by atoms with van der Waals surface area (Å²) < 4.78 is 27.5. The monoisotopic (exact) mass is 397 g/mol. The Bertz CT molecular complexity index is 973. The molecule has 0 saturated carbocycles. The van der Waals surface area contributed by atoms with Crippen molar-refractivity contribution in [2.45, 2.75) is 90.3 Å². The molecule has 152 valence electrons. The van der Waals surface area contributed by atoms with Crippen LogP contribution in [-0.4, -0.2) is 8.07 Å². The van der Waals surface area contributed by atoms with Gasteiger partial charge in [-0.15, -0.1) is 0 Å². The molecule has 0 amide bonds. The maximum absolute atomic E-state index is 8.42. The van der Waals surface area contributed by atoms with E-state index in [4.69, 9.17) is 4.11 Å². The van der Waals surface area contributed by atoms with Crippen LogP contribution < -0.4 is 4.57 Å². The van der Waals surface area contributed by atoms with Crippen molar-refractivity contribution in [3.8, 4) is 11.3 Å². The van der Waals surface area contributed by atoms with Gasteiger partial charge in [-0.25, -0.2) is 4.57 Å². The van der Waals surface area contributed by atoms with E-state index in [1.807, 2.05) is 0 Å². The lowest BCUT2D eigenvalue weighted by atomic mass is 9.76. The highest BCUT2D eigenvalue weighted by atomic mass is 28.3. The molecule has 1 fully saturated rings. The molecular weight excluding hydrogens is 354 g/mol. The van der Waals surface area contributed by atoms with Gasteiger partial charge in [0, 0.05) is 29.4 Å². The Labute approximate surface area is 178 Å². The highest BCUT2D eigenvalue weighted by Crippen LogP contribution is 2.44. The van der Waals surface area contributed by atoms with Gasteiger partial charge in [-0.1, -0.05) is 64.9 Å². The SMILES string of the molecule is [2H]C([2H])([2H])C1(c2ccc(-c3cc(C)c(C(C)(C)C)c[n+]3C)c(C)c2)CC[Si](C)(C)CC1. The normalized spacial score (nSPS) is 20.9. The molecule has 1 aromatic carbocycles. The molecule has 28 heavy (non-hydrogen) atoms. The summed E-state index contributed by atoms with van der Waals surface area (Å²) in [5.74, 6) is 0. The van der Waals surface area contributed by atoms with Gasteiger partial charge >= 0.3 is 0 Å². The molecule has 2 aromatic rings. The first-order chi connectivity index (χ1) is 14.1. The van der Waals surface area contributed by atoms with Crippen LogP contribution in [-0.2, 0) is 17.9 Å². The molecule has 1 saturated heterocycles. The second-order valence-corrected chi connectivity index (χ2v) is 16.2. The fourth-order valence-corrected chi connectivity index (χ4v) is 7.15. The zero-order chi connectivity index (χ0) is 23.4. The van der Waals surface area contributed by atoms with E-state index in [1.54, 1.807) is 0 Å². The van der Waals surface area contributed by atoms with Gasteiger partial charge in [-0.3, -0.25) is 0 Å². The van der Waals surface area contributed by atoms with Crippen molar-refractivity contribution in [3.05, 3.63) is 52.7 Å².